The highest BCUT2D eigenvalue weighted by molar-refractivity contribution is 5.74. The highest BCUT2D eigenvalue weighted by atomic mass is 16.2. The first-order valence-electron chi connectivity index (χ1n) is 9.44. The monoisotopic (exact) mass is 351 g/mol. The molecule has 2 aromatic rings. The minimum Gasteiger partial charge on any atom is -0.368 e. The lowest BCUT2D eigenvalue weighted by Crippen LogP contribution is -2.52. The van der Waals surface area contributed by atoms with Gasteiger partial charge in [-0.1, -0.05) is 36.4 Å². The van der Waals surface area contributed by atoms with Crippen molar-refractivity contribution in [1.29, 1.82) is 0 Å². The topological polar surface area (TPSA) is 35.6 Å². The Hall–Kier alpha value is -2.49. The van der Waals surface area contributed by atoms with E-state index >= 15 is 0 Å². The van der Waals surface area contributed by atoms with E-state index in [2.05, 4.69) is 67.4 Å². The summed E-state index contributed by atoms with van der Waals surface area (Å²) in [5.41, 5.74) is 6.53. The summed E-state index contributed by atoms with van der Waals surface area (Å²) >= 11 is 0. The normalized spacial score (nSPS) is 14.4. The fourth-order valence-electron chi connectivity index (χ4n) is 3.54. The minimum atomic E-state index is 0.0548. The molecule has 2 aromatic carbocycles. The van der Waals surface area contributed by atoms with Crippen LogP contribution in [0.3, 0.4) is 0 Å². The highest BCUT2D eigenvalue weighted by Crippen LogP contribution is 2.23. The van der Waals surface area contributed by atoms with Crippen molar-refractivity contribution in [3.05, 3.63) is 64.7 Å². The van der Waals surface area contributed by atoms with Crippen LogP contribution in [0.2, 0.25) is 0 Å². The zero-order valence-corrected chi connectivity index (χ0v) is 16.1. The average Bonchev–Trinajstić information content (AvgIpc) is 2.65. The van der Waals surface area contributed by atoms with Crippen molar-refractivity contribution < 1.29 is 4.79 Å². The molecule has 26 heavy (non-hydrogen) atoms. The predicted octanol–water partition coefficient (Wildman–Crippen LogP) is 3.69. The molecule has 0 radical (unpaired) electrons. The van der Waals surface area contributed by atoms with Crippen LogP contribution in [0, 0.1) is 20.8 Å². The number of anilines is 1. The number of nitrogens with zero attached hydrogens (tertiary/aromatic N) is 2. The van der Waals surface area contributed by atoms with Gasteiger partial charge in [-0.3, -0.25) is 0 Å². The van der Waals surface area contributed by atoms with Gasteiger partial charge in [0.1, 0.15) is 0 Å². The van der Waals surface area contributed by atoms with Crippen molar-refractivity contribution >= 4 is 11.7 Å². The standard InChI is InChI=1S/C22H29N3O/c1-17-8-6-10-21(19(17)3)24-13-15-25(16-14-24)22(26)23-12-11-20-9-5-4-7-18(20)2/h4-10H,11-16H2,1-3H3,(H,23,26). The summed E-state index contributed by atoms with van der Waals surface area (Å²) in [4.78, 5) is 16.8. The second-order valence-electron chi connectivity index (χ2n) is 7.10. The Kier molecular flexibility index (Phi) is 5.82. The molecule has 1 N–H and O–H groups in total. The van der Waals surface area contributed by atoms with E-state index in [-0.39, 0.29) is 6.03 Å². The van der Waals surface area contributed by atoms with Crippen molar-refractivity contribution in [1.82, 2.24) is 10.2 Å². The molecule has 1 aliphatic rings. The van der Waals surface area contributed by atoms with Crippen LogP contribution in [0.15, 0.2) is 42.5 Å². The van der Waals surface area contributed by atoms with Crippen molar-refractivity contribution in [2.45, 2.75) is 27.2 Å². The molecule has 1 heterocycles. The molecule has 0 aliphatic carbocycles. The third-order valence-electron chi connectivity index (χ3n) is 5.42. The molecule has 1 saturated heterocycles. The summed E-state index contributed by atoms with van der Waals surface area (Å²) in [5, 5.41) is 3.07. The van der Waals surface area contributed by atoms with Crippen LogP contribution in [0.5, 0.6) is 0 Å². The van der Waals surface area contributed by atoms with E-state index in [4.69, 9.17) is 0 Å². The lowest BCUT2D eigenvalue weighted by atomic mass is 10.1. The number of aryl methyl sites for hydroxylation is 2. The van der Waals surface area contributed by atoms with Gasteiger partial charge in [-0.25, -0.2) is 4.79 Å². The highest BCUT2D eigenvalue weighted by Gasteiger charge is 2.22. The van der Waals surface area contributed by atoms with Gasteiger partial charge in [-0.15, -0.1) is 0 Å². The Morgan fingerprint density at radius 3 is 2.35 bits per heavy atom. The molecule has 2 amide bonds. The summed E-state index contributed by atoms with van der Waals surface area (Å²) < 4.78 is 0. The SMILES string of the molecule is Cc1ccccc1CCNC(=O)N1CCN(c2cccc(C)c2C)CC1. The zero-order chi connectivity index (χ0) is 18.5. The summed E-state index contributed by atoms with van der Waals surface area (Å²) in [6.45, 7) is 10.4. The first-order valence-corrected chi connectivity index (χ1v) is 9.44. The molecule has 138 valence electrons. The Morgan fingerprint density at radius 2 is 1.62 bits per heavy atom. The van der Waals surface area contributed by atoms with Gasteiger partial charge in [-0.2, -0.15) is 0 Å². The molecule has 0 aromatic heterocycles. The third-order valence-corrected chi connectivity index (χ3v) is 5.42. The molecule has 0 saturated carbocycles. The second kappa shape index (κ2) is 8.26. The third kappa shape index (κ3) is 4.18. The van der Waals surface area contributed by atoms with Crippen molar-refractivity contribution in [2.75, 3.05) is 37.6 Å². The van der Waals surface area contributed by atoms with Gasteiger partial charge < -0.3 is 15.1 Å². The number of rotatable bonds is 4. The molecule has 1 fully saturated rings. The number of nitrogens with one attached hydrogen (secondary N) is 1. The Bertz CT molecular complexity index is 764. The van der Waals surface area contributed by atoms with Crippen LogP contribution < -0.4 is 10.2 Å². The predicted molar refractivity (Wildman–Crippen MR) is 108 cm³/mol. The molecule has 4 heteroatoms. The fraction of sp³-hybridized carbons (Fsp3) is 0.409. The zero-order valence-electron chi connectivity index (χ0n) is 16.1. The van der Waals surface area contributed by atoms with Crippen LogP contribution in [-0.2, 0) is 6.42 Å². The quantitative estimate of drug-likeness (QED) is 0.912. The number of piperazine rings is 1. The smallest absolute Gasteiger partial charge is 0.317 e. The maximum absolute atomic E-state index is 12.4. The molecular formula is C22H29N3O. The van der Waals surface area contributed by atoms with Crippen LogP contribution in [0.1, 0.15) is 22.3 Å². The number of hydrogen-bond acceptors (Lipinski definition) is 2. The second-order valence-corrected chi connectivity index (χ2v) is 7.10. The van der Waals surface area contributed by atoms with Gasteiger partial charge >= 0.3 is 6.03 Å². The fourth-order valence-corrected chi connectivity index (χ4v) is 3.54. The van der Waals surface area contributed by atoms with Gasteiger partial charge in [0.15, 0.2) is 0 Å². The van der Waals surface area contributed by atoms with Gasteiger partial charge in [0.2, 0.25) is 0 Å². The van der Waals surface area contributed by atoms with Crippen LogP contribution in [-0.4, -0.2) is 43.7 Å². The van der Waals surface area contributed by atoms with E-state index in [1.54, 1.807) is 0 Å². The molecule has 4 nitrogen and oxygen atoms in total. The van der Waals surface area contributed by atoms with E-state index in [9.17, 15) is 4.79 Å². The summed E-state index contributed by atoms with van der Waals surface area (Å²) in [7, 11) is 0. The lowest BCUT2D eigenvalue weighted by Gasteiger charge is -2.37. The number of hydrogen-bond donors (Lipinski definition) is 1. The molecule has 0 spiro atoms. The first-order chi connectivity index (χ1) is 12.6. The van der Waals surface area contributed by atoms with E-state index in [0.717, 1.165) is 32.6 Å². The Morgan fingerprint density at radius 1 is 0.923 bits per heavy atom. The Balaban J connectivity index is 1.48. The summed E-state index contributed by atoms with van der Waals surface area (Å²) in [6.07, 6.45) is 0.876. The van der Waals surface area contributed by atoms with Gasteiger partial charge in [0, 0.05) is 38.4 Å². The maximum Gasteiger partial charge on any atom is 0.317 e. The van der Waals surface area contributed by atoms with Crippen molar-refractivity contribution in [3.8, 4) is 0 Å². The van der Waals surface area contributed by atoms with Gasteiger partial charge in [0.25, 0.3) is 0 Å². The summed E-state index contributed by atoms with van der Waals surface area (Å²) in [5.74, 6) is 0. The lowest BCUT2D eigenvalue weighted by molar-refractivity contribution is 0.194. The molecule has 0 atom stereocenters. The van der Waals surface area contributed by atoms with E-state index in [1.165, 1.54) is 27.9 Å². The van der Waals surface area contributed by atoms with Crippen molar-refractivity contribution in [2.24, 2.45) is 0 Å². The largest absolute Gasteiger partial charge is 0.368 e. The van der Waals surface area contributed by atoms with E-state index < -0.39 is 0 Å². The molecule has 1 aliphatic heterocycles. The molecular weight excluding hydrogens is 322 g/mol. The number of amides is 2. The minimum absolute atomic E-state index is 0.0548. The Labute approximate surface area is 156 Å². The van der Waals surface area contributed by atoms with Gasteiger partial charge in [-0.05, 0) is 55.5 Å². The van der Waals surface area contributed by atoms with Crippen molar-refractivity contribution in [3.63, 3.8) is 0 Å². The number of urea groups is 1. The van der Waals surface area contributed by atoms with Crippen LogP contribution >= 0.6 is 0 Å². The summed E-state index contributed by atoms with van der Waals surface area (Å²) in [6, 6.07) is 14.8. The number of benzene rings is 2. The number of carbonyl (C=O) groups excluding carboxylic acids is 1. The van der Waals surface area contributed by atoms with Crippen LogP contribution in [0.25, 0.3) is 0 Å². The molecule has 0 bridgehead atoms. The molecule has 3 rings (SSSR count). The van der Waals surface area contributed by atoms with Gasteiger partial charge in [0.05, 0.1) is 0 Å². The van der Waals surface area contributed by atoms with Crippen LogP contribution in [0.4, 0.5) is 10.5 Å². The number of carbonyl (C=O) groups is 1. The van der Waals surface area contributed by atoms with E-state index in [0.29, 0.717) is 6.54 Å². The molecule has 0 unspecified atom stereocenters. The first kappa shape index (κ1) is 18.3. The van der Waals surface area contributed by atoms with E-state index in [1.807, 2.05) is 11.0 Å². The average molecular weight is 351 g/mol. The maximum atomic E-state index is 12.4.